The van der Waals surface area contributed by atoms with Crippen LogP contribution in [0.3, 0.4) is 0 Å². The third kappa shape index (κ3) is 5.87. The number of piperazine rings is 1. The van der Waals surface area contributed by atoms with Gasteiger partial charge in [-0.1, -0.05) is 0 Å². The van der Waals surface area contributed by atoms with Crippen molar-refractivity contribution in [3.05, 3.63) is 24.0 Å². The molecule has 0 aromatic carbocycles. The van der Waals surface area contributed by atoms with E-state index in [-0.39, 0.29) is 12.0 Å². The highest BCUT2D eigenvalue weighted by atomic mass is 16.6. The second-order valence-corrected chi connectivity index (χ2v) is 6.49. The van der Waals surface area contributed by atoms with Gasteiger partial charge in [-0.25, -0.2) is 4.79 Å². The summed E-state index contributed by atoms with van der Waals surface area (Å²) >= 11 is 0. The molecule has 0 unspecified atom stereocenters. The van der Waals surface area contributed by atoms with Crippen LogP contribution in [0, 0.1) is 0 Å². The molecular formula is C18H29N5O3. The fourth-order valence-electron chi connectivity index (χ4n) is 2.79. The van der Waals surface area contributed by atoms with E-state index < -0.39 is 0 Å². The van der Waals surface area contributed by atoms with E-state index in [1.807, 2.05) is 20.2 Å². The van der Waals surface area contributed by atoms with Crippen molar-refractivity contribution in [2.45, 2.75) is 13.3 Å². The zero-order valence-corrected chi connectivity index (χ0v) is 15.9. The molecule has 26 heavy (non-hydrogen) atoms. The summed E-state index contributed by atoms with van der Waals surface area (Å²) < 4.78 is 5.04. The van der Waals surface area contributed by atoms with E-state index >= 15 is 0 Å². The second kappa shape index (κ2) is 9.96. The lowest BCUT2D eigenvalue weighted by atomic mass is 10.2. The Morgan fingerprint density at radius 1 is 1.27 bits per heavy atom. The van der Waals surface area contributed by atoms with E-state index in [0.717, 1.165) is 18.7 Å². The second-order valence-electron chi connectivity index (χ2n) is 6.49. The fourth-order valence-corrected chi connectivity index (χ4v) is 2.79. The van der Waals surface area contributed by atoms with Crippen molar-refractivity contribution in [1.82, 2.24) is 20.1 Å². The number of anilines is 1. The molecule has 0 aliphatic carbocycles. The molecule has 0 atom stereocenters. The third-order valence-corrected chi connectivity index (χ3v) is 4.21. The minimum Gasteiger partial charge on any atom is -0.450 e. The molecule has 0 saturated carbocycles. The number of pyridine rings is 1. The summed E-state index contributed by atoms with van der Waals surface area (Å²) in [6, 6.07) is 3.70. The van der Waals surface area contributed by atoms with Crippen molar-refractivity contribution in [2.75, 3.05) is 64.9 Å². The van der Waals surface area contributed by atoms with Crippen LogP contribution in [-0.4, -0.2) is 86.8 Å². The molecule has 8 nitrogen and oxygen atoms in total. The van der Waals surface area contributed by atoms with E-state index in [4.69, 9.17) is 4.74 Å². The minimum absolute atomic E-state index is 0.157. The van der Waals surface area contributed by atoms with E-state index in [0.29, 0.717) is 45.0 Å². The Bertz CT molecular complexity index is 600. The average Bonchev–Trinajstić information content (AvgIpc) is 2.65. The van der Waals surface area contributed by atoms with E-state index in [1.54, 1.807) is 24.1 Å². The number of nitrogens with zero attached hydrogens (tertiary/aromatic N) is 4. The highest BCUT2D eigenvalue weighted by molar-refractivity contribution is 5.93. The highest BCUT2D eigenvalue weighted by Gasteiger charge is 2.22. The Labute approximate surface area is 155 Å². The third-order valence-electron chi connectivity index (χ3n) is 4.21. The van der Waals surface area contributed by atoms with Gasteiger partial charge in [-0.15, -0.1) is 0 Å². The number of hydrogen-bond donors (Lipinski definition) is 1. The zero-order chi connectivity index (χ0) is 18.9. The average molecular weight is 363 g/mol. The lowest BCUT2D eigenvalue weighted by Crippen LogP contribution is -2.49. The maximum atomic E-state index is 12.3. The smallest absolute Gasteiger partial charge is 0.409 e. The summed E-state index contributed by atoms with van der Waals surface area (Å²) in [6.07, 6.45) is 2.29. The molecule has 8 heteroatoms. The van der Waals surface area contributed by atoms with Crippen LogP contribution < -0.4 is 10.2 Å². The molecule has 1 aromatic rings. The fraction of sp³-hybridized carbons (Fsp3) is 0.611. The van der Waals surface area contributed by atoms with Crippen LogP contribution in [-0.2, 0) is 4.74 Å². The Kier molecular flexibility index (Phi) is 7.65. The Hall–Kier alpha value is -2.35. The van der Waals surface area contributed by atoms with Gasteiger partial charge in [0.15, 0.2) is 0 Å². The molecule has 1 aromatic heterocycles. The van der Waals surface area contributed by atoms with E-state index in [2.05, 4.69) is 20.1 Å². The first-order valence-electron chi connectivity index (χ1n) is 9.07. The van der Waals surface area contributed by atoms with Crippen LogP contribution in [0.1, 0.15) is 23.8 Å². The summed E-state index contributed by atoms with van der Waals surface area (Å²) in [5, 5.41) is 2.90. The van der Waals surface area contributed by atoms with Crippen molar-refractivity contribution >= 4 is 17.7 Å². The van der Waals surface area contributed by atoms with Gasteiger partial charge in [0.2, 0.25) is 0 Å². The first-order valence-corrected chi connectivity index (χ1v) is 9.07. The van der Waals surface area contributed by atoms with Crippen LogP contribution in [0.25, 0.3) is 0 Å². The summed E-state index contributed by atoms with van der Waals surface area (Å²) in [5.41, 5.74) is 1.36. The van der Waals surface area contributed by atoms with Crippen LogP contribution in [0.4, 0.5) is 10.5 Å². The maximum absolute atomic E-state index is 12.3. The number of ether oxygens (including phenoxy) is 1. The molecule has 1 fully saturated rings. The Morgan fingerprint density at radius 2 is 2.00 bits per heavy atom. The molecule has 1 aliphatic heterocycles. The molecule has 1 saturated heterocycles. The van der Waals surface area contributed by atoms with E-state index in [9.17, 15) is 9.59 Å². The van der Waals surface area contributed by atoms with Gasteiger partial charge in [-0.05, 0) is 46.1 Å². The van der Waals surface area contributed by atoms with Gasteiger partial charge in [-0.2, -0.15) is 0 Å². The summed E-state index contributed by atoms with van der Waals surface area (Å²) in [6.45, 7) is 6.36. The van der Waals surface area contributed by atoms with Gasteiger partial charge in [0.1, 0.15) is 5.69 Å². The van der Waals surface area contributed by atoms with Crippen LogP contribution in [0.15, 0.2) is 18.3 Å². The Balaban J connectivity index is 1.87. The number of carbonyl (C=O) groups excluding carboxylic acids is 2. The van der Waals surface area contributed by atoms with Crippen molar-refractivity contribution in [2.24, 2.45) is 0 Å². The zero-order valence-electron chi connectivity index (χ0n) is 15.9. The van der Waals surface area contributed by atoms with Gasteiger partial charge in [0.25, 0.3) is 5.91 Å². The molecule has 2 heterocycles. The molecule has 0 spiro atoms. The minimum atomic E-state index is -0.264. The molecular weight excluding hydrogens is 334 g/mol. The lowest BCUT2D eigenvalue weighted by Gasteiger charge is -2.35. The van der Waals surface area contributed by atoms with Crippen molar-refractivity contribution in [1.29, 1.82) is 0 Å². The predicted molar refractivity (Wildman–Crippen MR) is 101 cm³/mol. The van der Waals surface area contributed by atoms with Gasteiger partial charge in [0, 0.05) is 44.6 Å². The lowest BCUT2D eigenvalue weighted by molar-refractivity contribution is 0.0947. The van der Waals surface area contributed by atoms with Crippen molar-refractivity contribution in [3.63, 3.8) is 0 Å². The van der Waals surface area contributed by atoms with Gasteiger partial charge in [0.05, 0.1) is 6.61 Å². The monoisotopic (exact) mass is 363 g/mol. The van der Waals surface area contributed by atoms with Crippen molar-refractivity contribution < 1.29 is 14.3 Å². The normalized spacial score (nSPS) is 14.5. The molecule has 0 radical (unpaired) electrons. The van der Waals surface area contributed by atoms with Crippen LogP contribution in [0.2, 0.25) is 0 Å². The van der Waals surface area contributed by atoms with Gasteiger partial charge >= 0.3 is 6.09 Å². The summed E-state index contributed by atoms with van der Waals surface area (Å²) in [4.78, 5) is 34.2. The number of aromatic nitrogens is 1. The number of hydrogen-bond acceptors (Lipinski definition) is 6. The highest BCUT2D eigenvalue weighted by Crippen LogP contribution is 2.17. The standard InChI is InChI=1S/C18H29N5O3/c1-4-26-18(25)23-12-10-22(11-13-23)15-6-8-19-16(14-15)17(24)20-7-5-9-21(2)3/h6,8,14H,4-5,7,9-13H2,1-3H3,(H,20,24). The van der Waals surface area contributed by atoms with Crippen LogP contribution >= 0.6 is 0 Å². The van der Waals surface area contributed by atoms with Crippen molar-refractivity contribution in [3.8, 4) is 0 Å². The largest absolute Gasteiger partial charge is 0.450 e. The number of nitrogens with one attached hydrogen (secondary N) is 1. The van der Waals surface area contributed by atoms with Gasteiger partial charge < -0.3 is 24.8 Å². The molecule has 0 bridgehead atoms. The first kappa shape index (κ1) is 20.0. The van der Waals surface area contributed by atoms with Gasteiger partial charge in [-0.3, -0.25) is 9.78 Å². The SMILES string of the molecule is CCOC(=O)N1CCN(c2ccnc(C(=O)NCCCN(C)C)c2)CC1. The molecule has 1 aliphatic rings. The van der Waals surface area contributed by atoms with E-state index in [1.165, 1.54) is 0 Å². The topological polar surface area (TPSA) is 78.0 Å². The summed E-state index contributed by atoms with van der Waals surface area (Å²) in [5.74, 6) is -0.157. The number of rotatable bonds is 7. The summed E-state index contributed by atoms with van der Waals surface area (Å²) in [7, 11) is 4.02. The molecule has 2 amide bonds. The Morgan fingerprint density at radius 3 is 2.65 bits per heavy atom. The number of carbonyl (C=O) groups is 2. The van der Waals surface area contributed by atoms with Crippen LogP contribution in [0.5, 0.6) is 0 Å². The predicted octanol–water partition coefficient (Wildman–Crippen LogP) is 1.04. The number of amides is 2. The quantitative estimate of drug-likeness (QED) is 0.730. The molecule has 144 valence electrons. The first-order chi connectivity index (χ1) is 12.5. The maximum Gasteiger partial charge on any atom is 0.409 e. The molecule has 1 N–H and O–H groups in total. The molecule has 2 rings (SSSR count).